The van der Waals surface area contributed by atoms with Gasteiger partial charge in [0.1, 0.15) is 36.2 Å². The number of hydrogen-bond donors (Lipinski definition) is 2. The van der Waals surface area contributed by atoms with Gasteiger partial charge >= 0.3 is 11.9 Å². The van der Waals surface area contributed by atoms with E-state index >= 15 is 0 Å². The summed E-state index contributed by atoms with van der Waals surface area (Å²) >= 11 is 0. The van der Waals surface area contributed by atoms with E-state index in [1.165, 1.54) is 6.92 Å². The summed E-state index contributed by atoms with van der Waals surface area (Å²) < 4.78 is 11.2. The minimum absolute atomic E-state index is 0.121. The molecule has 3 atom stereocenters. The predicted octanol–water partition coefficient (Wildman–Crippen LogP) is 3.14. The Morgan fingerprint density at radius 2 is 1.55 bits per heavy atom. The highest BCUT2D eigenvalue weighted by molar-refractivity contribution is 6.00. The summed E-state index contributed by atoms with van der Waals surface area (Å²) in [6, 6.07) is 22.5. The molecule has 1 heterocycles. The SMILES string of the molecule is CCOC(=O)C(CCc1ccccc1)N[C@H]1COc2ccccc2N(OC(=O)[C@H](Cc2ccccc2)NC(C)=O)C1=O. The number of hydrogen-bond acceptors (Lipinski definition) is 8. The molecule has 2 N–H and O–H groups in total. The van der Waals surface area contributed by atoms with Crippen LogP contribution in [0.2, 0.25) is 0 Å². The Bertz CT molecular complexity index is 1370. The van der Waals surface area contributed by atoms with Crippen LogP contribution in [0.4, 0.5) is 5.69 Å². The monoisotopic (exact) mass is 573 g/mol. The van der Waals surface area contributed by atoms with Crippen molar-refractivity contribution in [3.05, 3.63) is 96.1 Å². The minimum atomic E-state index is -1.06. The highest BCUT2D eigenvalue weighted by Gasteiger charge is 2.38. The summed E-state index contributed by atoms with van der Waals surface area (Å²) in [5.74, 6) is -2.07. The first-order chi connectivity index (χ1) is 20.4. The van der Waals surface area contributed by atoms with Gasteiger partial charge in [0.15, 0.2) is 0 Å². The van der Waals surface area contributed by atoms with Gasteiger partial charge in [0.05, 0.1) is 6.61 Å². The van der Waals surface area contributed by atoms with Gasteiger partial charge in [-0.15, -0.1) is 5.06 Å². The van der Waals surface area contributed by atoms with Crippen molar-refractivity contribution >= 4 is 29.4 Å². The fourth-order valence-electron chi connectivity index (χ4n) is 4.62. The van der Waals surface area contributed by atoms with Crippen molar-refractivity contribution in [2.75, 3.05) is 18.3 Å². The van der Waals surface area contributed by atoms with Crippen LogP contribution in [-0.4, -0.2) is 55.1 Å². The molecular formula is C32H35N3O7. The van der Waals surface area contributed by atoms with Gasteiger partial charge < -0.3 is 19.6 Å². The Morgan fingerprint density at radius 3 is 2.21 bits per heavy atom. The maximum absolute atomic E-state index is 13.9. The number of aryl methyl sites for hydroxylation is 1. The number of ether oxygens (including phenoxy) is 2. The van der Waals surface area contributed by atoms with E-state index in [0.29, 0.717) is 18.6 Å². The molecule has 4 rings (SSSR count). The molecule has 42 heavy (non-hydrogen) atoms. The number of nitrogens with zero attached hydrogens (tertiary/aromatic N) is 1. The Hall–Kier alpha value is -4.70. The maximum atomic E-state index is 13.9. The van der Waals surface area contributed by atoms with Crippen LogP contribution in [-0.2, 0) is 41.6 Å². The molecule has 1 unspecified atom stereocenters. The summed E-state index contributed by atoms with van der Waals surface area (Å²) in [6.45, 7) is 3.07. The lowest BCUT2D eigenvalue weighted by Crippen LogP contribution is -2.55. The molecule has 0 spiro atoms. The van der Waals surface area contributed by atoms with Gasteiger partial charge in [-0.1, -0.05) is 72.8 Å². The molecular weight excluding hydrogens is 538 g/mol. The summed E-state index contributed by atoms with van der Waals surface area (Å²) in [4.78, 5) is 57.9. The molecule has 0 bridgehead atoms. The van der Waals surface area contributed by atoms with E-state index in [1.54, 1.807) is 31.2 Å². The average Bonchev–Trinajstić information content (AvgIpc) is 3.12. The van der Waals surface area contributed by atoms with Crippen LogP contribution in [0.15, 0.2) is 84.9 Å². The lowest BCUT2D eigenvalue weighted by Gasteiger charge is -2.27. The van der Waals surface area contributed by atoms with Gasteiger partial charge in [-0.25, -0.2) is 4.79 Å². The third kappa shape index (κ3) is 8.17. The van der Waals surface area contributed by atoms with Gasteiger partial charge in [0.25, 0.3) is 5.91 Å². The van der Waals surface area contributed by atoms with Crippen LogP contribution in [0, 0.1) is 0 Å². The number of carbonyl (C=O) groups excluding carboxylic acids is 4. The number of rotatable bonds is 12. The normalized spacial score (nSPS) is 15.8. The zero-order valence-corrected chi connectivity index (χ0v) is 23.7. The molecule has 2 amide bonds. The highest BCUT2D eigenvalue weighted by atomic mass is 16.7. The average molecular weight is 574 g/mol. The second-order valence-corrected chi connectivity index (χ2v) is 9.81. The van der Waals surface area contributed by atoms with E-state index in [-0.39, 0.29) is 25.3 Å². The van der Waals surface area contributed by atoms with E-state index in [0.717, 1.165) is 16.2 Å². The number of anilines is 1. The van der Waals surface area contributed by atoms with Crippen LogP contribution in [0.5, 0.6) is 5.75 Å². The predicted molar refractivity (Wildman–Crippen MR) is 155 cm³/mol. The fourth-order valence-corrected chi connectivity index (χ4v) is 4.62. The van der Waals surface area contributed by atoms with Gasteiger partial charge in [0.2, 0.25) is 5.91 Å². The summed E-state index contributed by atoms with van der Waals surface area (Å²) in [7, 11) is 0. The summed E-state index contributed by atoms with van der Waals surface area (Å²) in [5.41, 5.74) is 2.05. The molecule has 1 aliphatic rings. The number of nitrogens with one attached hydrogen (secondary N) is 2. The smallest absolute Gasteiger partial charge is 0.355 e. The number of fused-ring (bicyclic) bond motifs is 1. The van der Waals surface area contributed by atoms with Gasteiger partial charge in [-0.05, 0) is 43.0 Å². The Morgan fingerprint density at radius 1 is 0.905 bits per heavy atom. The molecule has 0 aliphatic carbocycles. The summed E-state index contributed by atoms with van der Waals surface area (Å²) in [5, 5.41) is 6.58. The number of amides is 2. The third-order valence-electron chi connectivity index (χ3n) is 6.65. The number of carbonyl (C=O) groups is 4. The molecule has 3 aromatic carbocycles. The van der Waals surface area contributed by atoms with Crippen molar-refractivity contribution in [1.29, 1.82) is 0 Å². The van der Waals surface area contributed by atoms with Crippen LogP contribution in [0.1, 0.15) is 31.4 Å². The molecule has 0 saturated heterocycles. The van der Waals surface area contributed by atoms with Crippen molar-refractivity contribution in [1.82, 2.24) is 10.6 Å². The fraction of sp³-hybridized carbons (Fsp3) is 0.312. The largest absolute Gasteiger partial charge is 0.489 e. The molecule has 1 aliphatic heterocycles. The van der Waals surface area contributed by atoms with E-state index in [1.807, 2.05) is 60.7 Å². The topological polar surface area (TPSA) is 123 Å². The summed E-state index contributed by atoms with van der Waals surface area (Å²) in [6.07, 6.45) is 1.09. The first-order valence-electron chi connectivity index (χ1n) is 13.9. The molecule has 10 heteroatoms. The minimum Gasteiger partial charge on any atom is -0.489 e. The first-order valence-corrected chi connectivity index (χ1v) is 13.9. The van der Waals surface area contributed by atoms with Gasteiger partial charge in [-0.2, -0.15) is 0 Å². The molecule has 0 saturated carbocycles. The van der Waals surface area contributed by atoms with Crippen LogP contribution in [0.25, 0.3) is 0 Å². The first kappa shape index (κ1) is 30.3. The van der Waals surface area contributed by atoms with E-state index < -0.39 is 41.9 Å². The highest BCUT2D eigenvalue weighted by Crippen LogP contribution is 2.32. The second kappa shape index (κ2) is 14.8. The Balaban J connectivity index is 1.57. The molecule has 0 fully saturated rings. The van der Waals surface area contributed by atoms with Crippen molar-refractivity contribution < 1.29 is 33.5 Å². The van der Waals surface area contributed by atoms with Crippen molar-refractivity contribution in [3.8, 4) is 5.75 Å². The zero-order chi connectivity index (χ0) is 29.9. The molecule has 0 radical (unpaired) electrons. The molecule has 3 aromatic rings. The molecule has 220 valence electrons. The van der Waals surface area contributed by atoms with Crippen molar-refractivity contribution in [3.63, 3.8) is 0 Å². The van der Waals surface area contributed by atoms with Crippen LogP contribution in [0.3, 0.4) is 0 Å². The standard InChI is InChI=1S/C32H35N3O7/c1-3-40-31(38)25(19-18-23-12-6-4-7-13-23)34-27-21-41-29-17-11-10-16-28(29)35(30(27)37)42-32(39)26(33-22(2)36)20-24-14-8-5-9-15-24/h4-17,25-27,34H,3,18-21H2,1-2H3,(H,33,36)/t25?,26-,27-/m0/s1. The second-order valence-electron chi connectivity index (χ2n) is 9.81. The lowest BCUT2D eigenvalue weighted by molar-refractivity contribution is -0.154. The molecule has 0 aromatic heterocycles. The number of hydroxylamine groups is 1. The van der Waals surface area contributed by atoms with Crippen LogP contribution < -0.4 is 20.4 Å². The van der Waals surface area contributed by atoms with E-state index in [2.05, 4.69) is 10.6 Å². The molecule has 10 nitrogen and oxygen atoms in total. The van der Waals surface area contributed by atoms with E-state index in [4.69, 9.17) is 14.3 Å². The van der Waals surface area contributed by atoms with Gasteiger partial charge in [-0.3, -0.25) is 19.7 Å². The van der Waals surface area contributed by atoms with Crippen molar-refractivity contribution in [2.45, 2.75) is 51.2 Å². The number of para-hydroxylation sites is 2. The third-order valence-corrected chi connectivity index (χ3v) is 6.65. The van der Waals surface area contributed by atoms with Crippen molar-refractivity contribution in [2.24, 2.45) is 0 Å². The number of esters is 1. The lowest BCUT2D eigenvalue weighted by atomic mass is 10.0. The Kier molecular flexibility index (Phi) is 10.7. The Labute approximate surface area is 244 Å². The number of benzene rings is 3. The van der Waals surface area contributed by atoms with Crippen LogP contribution >= 0.6 is 0 Å². The quantitative estimate of drug-likeness (QED) is 0.317. The maximum Gasteiger partial charge on any atom is 0.355 e. The van der Waals surface area contributed by atoms with Gasteiger partial charge in [0, 0.05) is 13.3 Å². The zero-order valence-electron chi connectivity index (χ0n) is 23.7. The van der Waals surface area contributed by atoms with E-state index in [9.17, 15) is 19.2 Å².